The van der Waals surface area contributed by atoms with Crippen molar-refractivity contribution >= 4 is 35.9 Å². The van der Waals surface area contributed by atoms with E-state index in [1.54, 1.807) is 30.3 Å². The summed E-state index contributed by atoms with van der Waals surface area (Å²) in [7, 11) is -4.40. The van der Waals surface area contributed by atoms with Gasteiger partial charge < -0.3 is 25.4 Å². The Morgan fingerprint density at radius 3 is 2.62 bits per heavy atom. The summed E-state index contributed by atoms with van der Waals surface area (Å²) in [5, 5.41) is 34.4. The molecule has 3 aromatic rings. The minimum atomic E-state index is -4.40. The van der Waals surface area contributed by atoms with Crippen molar-refractivity contribution in [2.24, 2.45) is 0 Å². The Balaban J connectivity index is 1.45. The number of nitrogens with two attached hydrogens (primary N) is 1. The van der Waals surface area contributed by atoms with Gasteiger partial charge in [0.2, 0.25) is 0 Å². The lowest BCUT2D eigenvalue weighted by atomic mass is 10.1. The number of carbonyl (C=O) groups excluding carboxylic acids is 1. The summed E-state index contributed by atoms with van der Waals surface area (Å²) in [5.41, 5.74) is 5.38. The standard InChI is InChI=1S/C24H28N5O11PS/c1-14(23(32)37-11-15-5-3-2-4-6-15)27-41(36,38-12-16-7-8-19(42-16)29(34)35)39-13-17-20(30)21(31)22(40-17)28-10-9-18(25)26-24(28)33/h2-10,14,17,20-22,30-31H,11-13H2,1H3,(H,27,36)(H2,25,26,33)/t14-,17+,20+,21-,22+,41?/m0/s1. The third-order valence-electron chi connectivity index (χ3n) is 6.01. The topological polar surface area (TPSA) is 228 Å². The van der Waals surface area contributed by atoms with Crippen LogP contribution in [0.4, 0.5) is 10.8 Å². The molecule has 0 radical (unpaired) electrons. The molecule has 1 fully saturated rings. The highest BCUT2D eigenvalue weighted by Crippen LogP contribution is 2.47. The molecule has 1 aliphatic rings. The number of nitrogens with zero attached hydrogens (tertiary/aromatic N) is 3. The van der Waals surface area contributed by atoms with Gasteiger partial charge in [0.1, 0.15) is 36.8 Å². The number of thiophene rings is 1. The molecule has 0 amide bonds. The Labute approximate surface area is 242 Å². The second-order valence-corrected chi connectivity index (χ2v) is 12.0. The SMILES string of the molecule is C[C@H](NP(=O)(OCc1ccc([N+](=O)[O-])s1)OC[C@H]1O[C@@H](n2ccc(N)nc2=O)[C@@H](O)[C@@H]1O)C(=O)OCc1ccccc1. The summed E-state index contributed by atoms with van der Waals surface area (Å²) in [4.78, 5) is 39.2. The fraction of sp³-hybridized carbons (Fsp3) is 0.375. The molecule has 3 heterocycles. The molecule has 1 aromatic carbocycles. The lowest BCUT2D eigenvalue weighted by molar-refractivity contribution is -0.380. The summed E-state index contributed by atoms with van der Waals surface area (Å²) < 4.78 is 36.5. The van der Waals surface area contributed by atoms with Gasteiger partial charge in [0.25, 0.3) is 0 Å². The maximum Gasteiger partial charge on any atom is 0.406 e. The van der Waals surface area contributed by atoms with Crippen LogP contribution in [0.25, 0.3) is 0 Å². The molecule has 6 atom stereocenters. The van der Waals surface area contributed by atoms with Gasteiger partial charge in [-0.05, 0) is 24.6 Å². The number of anilines is 1. The Morgan fingerprint density at radius 1 is 1.21 bits per heavy atom. The van der Waals surface area contributed by atoms with E-state index in [9.17, 15) is 34.5 Å². The Morgan fingerprint density at radius 2 is 1.95 bits per heavy atom. The van der Waals surface area contributed by atoms with Gasteiger partial charge in [-0.15, -0.1) is 0 Å². The van der Waals surface area contributed by atoms with Gasteiger partial charge in [0.05, 0.1) is 18.1 Å². The van der Waals surface area contributed by atoms with Crippen LogP contribution in [0.1, 0.15) is 23.6 Å². The van der Waals surface area contributed by atoms with Crippen molar-refractivity contribution in [2.75, 3.05) is 12.3 Å². The van der Waals surface area contributed by atoms with Crippen molar-refractivity contribution in [3.63, 3.8) is 0 Å². The summed E-state index contributed by atoms with van der Waals surface area (Å²) in [6.45, 7) is 0.314. The maximum absolute atomic E-state index is 13.7. The molecule has 0 saturated carbocycles. The zero-order chi connectivity index (χ0) is 30.4. The molecule has 226 valence electrons. The van der Waals surface area contributed by atoms with Crippen LogP contribution in [0.15, 0.2) is 59.5 Å². The Bertz CT molecular complexity index is 1500. The van der Waals surface area contributed by atoms with Crippen molar-refractivity contribution in [1.29, 1.82) is 0 Å². The number of nitrogen functional groups attached to an aromatic ring is 1. The highest BCUT2D eigenvalue weighted by molar-refractivity contribution is 7.51. The van der Waals surface area contributed by atoms with Crippen LogP contribution in [0, 0.1) is 10.1 Å². The van der Waals surface area contributed by atoms with Crippen molar-refractivity contribution in [2.45, 2.75) is 50.7 Å². The number of esters is 1. The molecular formula is C24H28N5O11PS. The van der Waals surface area contributed by atoms with Gasteiger partial charge >= 0.3 is 24.4 Å². The minimum absolute atomic E-state index is 0.0443. The lowest BCUT2D eigenvalue weighted by Crippen LogP contribution is -2.37. The lowest BCUT2D eigenvalue weighted by Gasteiger charge is -2.24. The number of hydrogen-bond acceptors (Lipinski definition) is 14. The number of aliphatic hydroxyl groups excluding tert-OH is 2. The second-order valence-electron chi connectivity index (χ2n) is 9.10. The molecule has 0 spiro atoms. The minimum Gasteiger partial charge on any atom is -0.460 e. The number of hydrogen-bond donors (Lipinski definition) is 4. The molecule has 0 aliphatic carbocycles. The number of aromatic nitrogens is 2. The largest absolute Gasteiger partial charge is 0.460 e. The van der Waals surface area contributed by atoms with Gasteiger partial charge in [-0.25, -0.2) is 14.4 Å². The summed E-state index contributed by atoms with van der Waals surface area (Å²) in [5.74, 6) is -0.832. The fourth-order valence-corrected chi connectivity index (χ4v) is 6.11. The van der Waals surface area contributed by atoms with Gasteiger partial charge in [-0.1, -0.05) is 41.7 Å². The third-order valence-corrected chi connectivity index (χ3v) is 8.68. The predicted octanol–water partition coefficient (Wildman–Crippen LogP) is 1.48. The number of nitro groups is 1. The predicted molar refractivity (Wildman–Crippen MR) is 147 cm³/mol. The molecule has 18 heteroatoms. The van der Waals surface area contributed by atoms with Crippen LogP contribution in [0.5, 0.6) is 0 Å². The molecule has 1 aliphatic heterocycles. The molecule has 2 aromatic heterocycles. The third kappa shape index (κ3) is 7.84. The number of ether oxygens (including phenoxy) is 2. The highest BCUT2D eigenvalue weighted by Gasteiger charge is 2.45. The Kier molecular flexibility index (Phi) is 10.2. The molecule has 5 N–H and O–H groups in total. The Hall–Kier alpha value is -3.54. The summed E-state index contributed by atoms with van der Waals surface area (Å²) in [6, 6.07) is 11.6. The van der Waals surface area contributed by atoms with Crippen LogP contribution in [0.2, 0.25) is 0 Å². The van der Waals surface area contributed by atoms with Crippen LogP contribution in [0.3, 0.4) is 0 Å². The molecule has 0 bridgehead atoms. The molecule has 42 heavy (non-hydrogen) atoms. The van der Waals surface area contributed by atoms with E-state index in [1.165, 1.54) is 31.3 Å². The van der Waals surface area contributed by atoms with Gasteiger partial charge in [0.15, 0.2) is 6.23 Å². The van der Waals surface area contributed by atoms with Gasteiger partial charge in [-0.2, -0.15) is 4.98 Å². The summed E-state index contributed by atoms with van der Waals surface area (Å²) >= 11 is 0.792. The molecule has 1 unspecified atom stereocenters. The van der Waals surface area contributed by atoms with Crippen molar-refractivity contribution < 1.29 is 43.0 Å². The van der Waals surface area contributed by atoms with E-state index in [0.29, 0.717) is 4.88 Å². The smallest absolute Gasteiger partial charge is 0.406 e. The first kappa shape index (κ1) is 31.4. The molecule has 16 nitrogen and oxygen atoms in total. The van der Waals surface area contributed by atoms with Crippen LogP contribution in [-0.2, 0) is 41.1 Å². The number of aliphatic hydroxyl groups is 2. The molecule has 4 rings (SSSR count). The average Bonchev–Trinajstić information content (AvgIpc) is 3.55. The number of carbonyl (C=O) groups is 1. The van der Waals surface area contributed by atoms with E-state index in [0.717, 1.165) is 21.5 Å². The first-order chi connectivity index (χ1) is 20.0. The quantitative estimate of drug-likeness (QED) is 0.0913. The fourth-order valence-electron chi connectivity index (χ4n) is 3.83. The van der Waals surface area contributed by atoms with Crippen LogP contribution in [-0.4, -0.2) is 61.6 Å². The van der Waals surface area contributed by atoms with Gasteiger partial charge in [0, 0.05) is 17.1 Å². The monoisotopic (exact) mass is 625 g/mol. The van der Waals surface area contributed by atoms with E-state index in [1.807, 2.05) is 0 Å². The maximum atomic E-state index is 13.7. The zero-order valence-corrected chi connectivity index (χ0v) is 23.8. The first-order valence-electron chi connectivity index (χ1n) is 12.4. The van der Waals surface area contributed by atoms with Gasteiger partial charge in [-0.3, -0.25) is 28.5 Å². The van der Waals surface area contributed by atoms with Crippen molar-refractivity contribution in [3.05, 3.63) is 85.8 Å². The van der Waals surface area contributed by atoms with E-state index >= 15 is 0 Å². The van der Waals surface area contributed by atoms with E-state index in [4.69, 9.17) is 24.3 Å². The zero-order valence-electron chi connectivity index (χ0n) is 22.0. The number of rotatable bonds is 13. The summed E-state index contributed by atoms with van der Waals surface area (Å²) in [6.07, 6.45) is -4.60. The van der Waals surface area contributed by atoms with Crippen LogP contribution >= 0.6 is 19.1 Å². The first-order valence-corrected chi connectivity index (χ1v) is 14.8. The number of nitrogens with one attached hydrogen (secondary N) is 1. The van der Waals surface area contributed by atoms with E-state index in [-0.39, 0.29) is 24.0 Å². The van der Waals surface area contributed by atoms with Crippen LogP contribution < -0.4 is 16.5 Å². The highest BCUT2D eigenvalue weighted by atomic mass is 32.1. The van der Waals surface area contributed by atoms with Crippen molar-refractivity contribution in [3.8, 4) is 0 Å². The number of benzene rings is 1. The average molecular weight is 626 g/mol. The van der Waals surface area contributed by atoms with E-state index < -0.39 is 61.5 Å². The molecular weight excluding hydrogens is 597 g/mol. The van der Waals surface area contributed by atoms with E-state index in [2.05, 4.69) is 10.1 Å². The normalized spacial score (nSPS) is 22.4. The second kappa shape index (κ2) is 13.6. The molecule has 1 saturated heterocycles. The van der Waals surface area contributed by atoms with Crippen molar-refractivity contribution in [1.82, 2.24) is 14.6 Å².